The topological polar surface area (TPSA) is 210 Å². The van der Waals surface area contributed by atoms with Crippen LogP contribution in [0.4, 0.5) is 0 Å². The van der Waals surface area contributed by atoms with Crippen molar-refractivity contribution in [1.82, 2.24) is 0 Å². The third-order valence-corrected chi connectivity index (χ3v) is 10.3. The first-order valence-corrected chi connectivity index (χ1v) is 23.1. The van der Waals surface area contributed by atoms with Crippen molar-refractivity contribution >= 4 is 19.8 Å². The van der Waals surface area contributed by atoms with Crippen molar-refractivity contribution in [3.8, 4) is 0 Å². The van der Waals surface area contributed by atoms with Crippen LogP contribution in [0, 0.1) is 0 Å². The van der Waals surface area contributed by atoms with Gasteiger partial charge in [0.25, 0.3) is 0 Å². The maximum atomic E-state index is 12.6. The van der Waals surface area contributed by atoms with Crippen LogP contribution in [-0.2, 0) is 32.7 Å². The van der Waals surface area contributed by atoms with E-state index in [0.29, 0.717) is 25.7 Å². The number of hydrogen-bond acceptors (Lipinski definition) is 12. The summed E-state index contributed by atoms with van der Waals surface area (Å²) >= 11 is 0. The molecule has 6 atom stereocenters. The number of phosphoric ester groups is 1. The normalized spacial score (nSPS) is 15.8. The van der Waals surface area contributed by atoms with E-state index in [1.165, 1.54) is 50.7 Å². The third kappa shape index (κ3) is 35.5. The number of allylic oxidation sites excluding steroid dienone is 2. The number of aliphatic hydroxyl groups excluding tert-OH is 5. The Morgan fingerprint density at radius 3 is 1.71 bits per heavy atom. The van der Waals surface area contributed by atoms with Crippen LogP contribution in [0.1, 0.15) is 174 Å². The molecule has 56 heavy (non-hydrogen) atoms. The van der Waals surface area contributed by atoms with Crippen LogP contribution in [0.3, 0.4) is 0 Å². The lowest BCUT2D eigenvalue weighted by molar-refractivity contribution is -0.161. The SMILES string of the molecule is CCCCCCCC/C=C\CCCCCCCC(=O)OCC(COP(=O)(O)OCC(O)CO)OC(=O)CCCCCCCC(O)/C=C/C(O)C(O)CCCCC. The van der Waals surface area contributed by atoms with E-state index in [4.69, 9.17) is 19.1 Å². The monoisotopic (exact) mass is 823 g/mol. The summed E-state index contributed by atoms with van der Waals surface area (Å²) in [6, 6.07) is 0. The van der Waals surface area contributed by atoms with E-state index in [1.807, 2.05) is 0 Å². The average molecular weight is 823 g/mol. The number of esters is 2. The highest BCUT2D eigenvalue weighted by atomic mass is 31.2. The van der Waals surface area contributed by atoms with Crippen molar-refractivity contribution in [3.05, 3.63) is 24.3 Å². The fraction of sp³-hybridized carbons (Fsp3) is 0.857. The molecule has 0 aliphatic rings. The van der Waals surface area contributed by atoms with Crippen molar-refractivity contribution in [3.63, 3.8) is 0 Å². The molecule has 0 aliphatic heterocycles. The Hall–Kier alpha value is -1.67. The Balaban J connectivity index is 4.47. The fourth-order valence-electron chi connectivity index (χ4n) is 5.80. The first kappa shape index (κ1) is 54.3. The molecule has 0 fully saturated rings. The quantitative estimate of drug-likeness (QED) is 0.0150. The number of carbonyl (C=O) groups is 2. The standard InChI is InChI=1S/C42H79O13P/c1-3-5-7-8-9-10-11-12-13-14-15-16-17-20-24-28-41(48)52-34-38(35-54-56(50,51)53-33-37(45)32-43)55-42(49)29-25-21-18-19-23-26-36(44)30-31-40(47)39(46)27-22-6-4-2/h12-13,30-31,36-40,43-47H,3-11,14-29,32-35H2,1-2H3,(H,50,51)/b13-12-,31-30+. The molecular formula is C42H79O13P. The Bertz CT molecular complexity index is 1040. The number of aliphatic hydroxyl groups is 5. The Morgan fingerprint density at radius 1 is 0.607 bits per heavy atom. The van der Waals surface area contributed by atoms with Gasteiger partial charge in [-0.3, -0.25) is 18.6 Å². The number of rotatable bonds is 40. The lowest BCUT2D eigenvalue weighted by Gasteiger charge is -2.20. The summed E-state index contributed by atoms with van der Waals surface area (Å²) in [5, 5.41) is 48.5. The van der Waals surface area contributed by atoms with Crippen molar-refractivity contribution in [2.24, 2.45) is 0 Å². The molecule has 0 heterocycles. The zero-order chi connectivity index (χ0) is 41.7. The van der Waals surface area contributed by atoms with Gasteiger partial charge in [-0.15, -0.1) is 0 Å². The minimum absolute atomic E-state index is 0.0686. The molecule has 6 N–H and O–H groups in total. The van der Waals surface area contributed by atoms with Gasteiger partial charge in [-0.1, -0.05) is 134 Å². The van der Waals surface area contributed by atoms with Crippen LogP contribution in [0.2, 0.25) is 0 Å². The first-order chi connectivity index (χ1) is 26.9. The number of carbonyl (C=O) groups excluding carboxylic acids is 2. The van der Waals surface area contributed by atoms with Crippen molar-refractivity contribution in [2.45, 2.75) is 205 Å². The molecular weight excluding hydrogens is 743 g/mol. The molecule has 0 saturated heterocycles. The molecule has 0 amide bonds. The van der Waals surface area contributed by atoms with Crippen LogP contribution in [0.5, 0.6) is 0 Å². The molecule has 0 aromatic heterocycles. The molecule has 0 aromatic rings. The summed E-state index contributed by atoms with van der Waals surface area (Å²) in [5.41, 5.74) is 0. The maximum Gasteiger partial charge on any atom is 0.472 e. The number of unbranched alkanes of at least 4 members (excludes halogenated alkanes) is 17. The van der Waals surface area contributed by atoms with Gasteiger partial charge in [-0.25, -0.2) is 4.57 Å². The van der Waals surface area contributed by atoms with Gasteiger partial charge in [0.15, 0.2) is 6.10 Å². The van der Waals surface area contributed by atoms with Gasteiger partial charge < -0.3 is 39.9 Å². The van der Waals surface area contributed by atoms with E-state index >= 15 is 0 Å². The number of hydrogen-bond donors (Lipinski definition) is 6. The highest BCUT2D eigenvalue weighted by Crippen LogP contribution is 2.43. The predicted molar refractivity (Wildman–Crippen MR) is 219 cm³/mol. The molecule has 14 heteroatoms. The smallest absolute Gasteiger partial charge is 0.462 e. The van der Waals surface area contributed by atoms with Crippen LogP contribution in [0.15, 0.2) is 24.3 Å². The molecule has 0 spiro atoms. The van der Waals surface area contributed by atoms with Gasteiger partial charge in [0.1, 0.15) is 12.7 Å². The van der Waals surface area contributed by atoms with E-state index in [2.05, 4.69) is 30.5 Å². The van der Waals surface area contributed by atoms with Gasteiger partial charge in [0.2, 0.25) is 0 Å². The molecule has 0 bridgehead atoms. The zero-order valence-electron chi connectivity index (χ0n) is 34.7. The van der Waals surface area contributed by atoms with E-state index < -0.39 is 70.1 Å². The van der Waals surface area contributed by atoms with Crippen molar-refractivity contribution < 1.29 is 63.1 Å². The number of ether oxygens (including phenoxy) is 2. The minimum Gasteiger partial charge on any atom is -0.462 e. The van der Waals surface area contributed by atoms with Crippen LogP contribution >= 0.6 is 7.82 Å². The van der Waals surface area contributed by atoms with E-state index in [-0.39, 0.29) is 19.4 Å². The Labute approximate surface area is 337 Å². The third-order valence-electron chi connectivity index (χ3n) is 9.34. The van der Waals surface area contributed by atoms with Gasteiger partial charge in [0, 0.05) is 12.8 Å². The fourth-order valence-corrected chi connectivity index (χ4v) is 6.59. The lowest BCUT2D eigenvalue weighted by atomic mass is 10.0. The summed E-state index contributed by atoms with van der Waals surface area (Å²) in [6.45, 7) is 2.00. The highest BCUT2D eigenvalue weighted by Gasteiger charge is 2.27. The van der Waals surface area contributed by atoms with Crippen molar-refractivity contribution in [2.75, 3.05) is 26.4 Å². The Kier molecular flexibility index (Phi) is 36.5. The summed E-state index contributed by atoms with van der Waals surface area (Å²) < 4.78 is 32.6. The Morgan fingerprint density at radius 2 is 1.11 bits per heavy atom. The molecule has 330 valence electrons. The zero-order valence-corrected chi connectivity index (χ0v) is 35.6. The predicted octanol–water partition coefficient (Wildman–Crippen LogP) is 7.92. The molecule has 0 radical (unpaired) electrons. The van der Waals surface area contributed by atoms with E-state index in [1.54, 1.807) is 0 Å². The second kappa shape index (κ2) is 37.6. The van der Waals surface area contributed by atoms with E-state index in [9.17, 15) is 39.5 Å². The molecule has 13 nitrogen and oxygen atoms in total. The summed E-state index contributed by atoms with van der Waals surface area (Å²) in [7, 11) is -4.67. The molecule has 0 saturated carbocycles. The average Bonchev–Trinajstić information content (AvgIpc) is 3.18. The van der Waals surface area contributed by atoms with Crippen molar-refractivity contribution in [1.29, 1.82) is 0 Å². The van der Waals surface area contributed by atoms with Gasteiger partial charge >= 0.3 is 19.8 Å². The summed E-state index contributed by atoms with van der Waals surface area (Å²) in [6.07, 6.45) is 25.0. The molecule has 0 aliphatic carbocycles. The molecule has 0 rings (SSSR count). The maximum absolute atomic E-state index is 12.6. The lowest BCUT2D eigenvalue weighted by Crippen LogP contribution is -2.29. The van der Waals surface area contributed by atoms with Crippen LogP contribution in [-0.4, -0.2) is 99.3 Å². The second-order valence-electron chi connectivity index (χ2n) is 14.8. The summed E-state index contributed by atoms with van der Waals surface area (Å²) in [5.74, 6) is -1.07. The van der Waals surface area contributed by atoms with Gasteiger partial charge in [-0.05, 0) is 51.4 Å². The van der Waals surface area contributed by atoms with Gasteiger partial charge in [0.05, 0.1) is 38.1 Å². The van der Waals surface area contributed by atoms with Crippen LogP contribution in [0.25, 0.3) is 0 Å². The second-order valence-corrected chi connectivity index (χ2v) is 16.3. The van der Waals surface area contributed by atoms with Gasteiger partial charge in [-0.2, -0.15) is 0 Å². The van der Waals surface area contributed by atoms with Crippen LogP contribution < -0.4 is 0 Å². The highest BCUT2D eigenvalue weighted by molar-refractivity contribution is 7.47. The van der Waals surface area contributed by atoms with E-state index in [0.717, 1.165) is 83.5 Å². The minimum atomic E-state index is -4.67. The first-order valence-electron chi connectivity index (χ1n) is 21.6. The molecule has 0 aromatic carbocycles. The molecule has 6 unspecified atom stereocenters. The largest absolute Gasteiger partial charge is 0.472 e. The summed E-state index contributed by atoms with van der Waals surface area (Å²) in [4.78, 5) is 35.0. The number of phosphoric acid groups is 1.